The van der Waals surface area contributed by atoms with Crippen molar-refractivity contribution in [2.45, 2.75) is 0 Å². The second-order valence-electron chi connectivity index (χ2n) is 4.34. The van der Waals surface area contributed by atoms with Crippen LogP contribution in [-0.2, 0) is 0 Å². The van der Waals surface area contributed by atoms with Gasteiger partial charge in [0.1, 0.15) is 0 Å². The normalized spacial score (nSPS) is 14.1. The van der Waals surface area contributed by atoms with E-state index in [-0.39, 0.29) is 24.8 Å². The maximum absolute atomic E-state index is 4.65. The molecule has 0 aliphatic carbocycles. The minimum Gasteiger partial charge on any atom is -0.338 e. The first-order valence-electron chi connectivity index (χ1n) is 6.27. The van der Waals surface area contributed by atoms with E-state index in [0.29, 0.717) is 0 Å². The Hall–Kier alpha value is -1.36. The maximum Gasteiger partial charge on any atom is 0.225 e. The molecule has 1 N–H and O–H groups in total. The molecule has 2 aromatic rings. The molecule has 1 aromatic carbocycles. The van der Waals surface area contributed by atoms with Gasteiger partial charge in [0.2, 0.25) is 5.95 Å². The average Bonchev–Trinajstić information content (AvgIpc) is 2.49. The molecule has 0 unspecified atom stereocenters. The summed E-state index contributed by atoms with van der Waals surface area (Å²) in [6.07, 6.45) is 1.84. The largest absolute Gasteiger partial charge is 0.338 e. The fourth-order valence-corrected chi connectivity index (χ4v) is 2.14. The van der Waals surface area contributed by atoms with Crippen LogP contribution < -0.4 is 10.2 Å². The maximum atomic E-state index is 4.65. The van der Waals surface area contributed by atoms with Crippen LogP contribution in [0.3, 0.4) is 0 Å². The van der Waals surface area contributed by atoms with Gasteiger partial charge in [-0.15, -0.1) is 24.8 Å². The fraction of sp³-hybridized carbons (Fsp3) is 0.286. The summed E-state index contributed by atoms with van der Waals surface area (Å²) in [6.45, 7) is 3.94. The molecule has 0 amide bonds. The summed E-state index contributed by atoms with van der Waals surface area (Å²) in [5.74, 6) is 0.831. The molecular weight excluding hydrogens is 295 g/mol. The van der Waals surface area contributed by atoms with Crippen LogP contribution in [0.15, 0.2) is 42.6 Å². The van der Waals surface area contributed by atoms with Crippen LogP contribution >= 0.6 is 24.8 Å². The first-order chi connectivity index (χ1) is 8.93. The molecule has 20 heavy (non-hydrogen) atoms. The predicted octanol–water partition coefficient (Wildman–Crippen LogP) is 2.40. The lowest BCUT2D eigenvalue weighted by Crippen LogP contribution is -2.44. The van der Waals surface area contributed by atoms with Gasteiger partial charge >= 0.3 is 0 Å². The van der Waals surface area contributed by atoms with Crippen molar-refractivity contribution in [1.29, 1.82) is 0 Å². The van der Waals surface area contributed by atoms with E-state index in [2.05, 4.69) is 32.3 Å². The minimum absolute atomic E-state index is 0. The second kappa shape index (κ2) is 8.04. The number of benzene rings is 1. The monoisotopic (exact) mass is 312 g/mol. The van der Waals surface area contributed by atoms with Crippen LogP contribution in [0.4, 0.5) is 5.95 Å². The van der Waals surface area contributed by atoms with Crippen molar-refractivity contribution >= 4 is 30.8 Å². The first kappa shape index (κ1) is 16.7. The van der Waals surface area contributed by atoms with Gasteiger partial charge in [0, 0.05) is 37.9 Å². The summed E-state index contributed by atoms with van der Waals surface area (Å²) in [6, 6.07) is 12.2. The number of anilines is 1. The molecule has 1 aliphatic rings. The number of nitrogens with one attached hydrogen (secondary N) is 1. The molecule has 1 saturated heterocycles. The van der Waals surface area contributed by atoms with Crippen molar-refractivity contribution in [3.05, 3.63) is 42.6 Å². The zero-order valence-electron chi connectivity index (χ0n) is 11.0. The van der Waals surface area contributed by atoms with Gasteiger partial charge < -0.3 is 10.2 Å². The Morgan fingerprint density at radius 1 is 0.950 bits per heavy atom. The Balaban J connectivity index is 0.000001000. The molecule has 2 heterocycles. The van der Waals surface area contributed by atoms with E-state index in [4.69, 9.17) is 0 Å². The zero-order chi connectivity index (χ0) is 12.2. The van der Waals surface area contributed by atoms with Gasteiger partial charge in [-0.2, -0.15) is 0 Å². The molecule has 1 fully saturated rings. The summed E-state index contributed by atoms with van der Waals surface area (Å²) >= 11 is 0. The van der Waals surface area contributed by atoms with Crippen molar-refractivity contribution < 1.29 is 0 Å². The van der Waals surface area contributed by atoms with Crippen molar-refractivity contribution in [2.24, 2.45) is 0 Å². The van der Waals surface area contributed by atoms with Gasteiger partial charge in [-0.05, 0) is 6.07 Å². The quantitative estimate of drug-likeness (QED) is 0.924. The third-order valence-electron chi connectivity index (χ3n) is 3.11. The van der Waals surface area contributed by atoms with E-state index in [1.165, 1.54) is 0 Å². The van der Waals surface area contributed by atoms with Gasteiger partial charge in [0.25, 0.3) is 0 Å². The van der Waals surface area contributed by atoms with Gasteiger partial charge in [-0.1, -0.05) is 30.3 Å². The molecule has 6 heteroatoms. The summed E-state index contributed by atoms with van der Waals surface area (Å²) in [7, 11) is 0. The van der Waals surface area contributed by atoms with E-state index < -0.39 is 0 Å². The Morgan fingerprint density at radius 3 is 2.35 bits per heavy atom. The third-order valence-corrected chi connectivity index (χ3v) is 3.11. The Kier molecular flexibility index (Phi) is 6.71. The van der Waals surface area contributed by atoms with Gasteiger partial charge in [-0.25, -0.2) is 9.97 Å². The molecule has 0 radical (unpaired) electrons. The molecule has 0 bridgehead atoms. The number of hydrogen-bond donors (Lipinski definition) is 1. The van der Waals surface area contributed by atoms with Crippen molar-refractivity contribution in [2.75, 3.05) is 31.1 Å². The molecule has 3 rings (SSSR count). The fourth-order valence-electron chi connectivity index (χ4n) is 2.14. The van der Waals surface area contributed by atoms with Crippen molar-refractivity contribution in [3.63, 3.8) is 0 Å². The van der Waals surface area contributed by atoms with Crippen LogP contribution in [-0.4, -0.2) is 36.1 Å². The Morgan fingerprint density at radius 2 is 1.65 bits per heavy atom. The molecule has 1 aromatic heterocycles. The summed E-state index contributed by atoms with van der Waals surface area (Å²) in [5, 5.41) is 3.33. The van der Waals surface area contributed by atoms with E-state index in [1.807, 2.05) is 30.5 Å². The first-order valence-corrected chi connectivity index (χ1v) is 6.27. The number of halogens is 2. The van der Waals surface area contributed by atoms with Crippen LogP contribution in [0.1, 0.15) is 0 Å². The van der Waals surface area contributed by atoms with Crippen LogP contribution in [0.25, 0.3) is 11.3 Å². The molecular formula is C14H18Cl2N4. The highest BCUT2D eigenvalue weighted by Crippen LogP contribution is 2.18. The highest BCUT2D eigenvalue weighted by atomic mass is 35.5. The molecule has 1 aliphatic heterocycles. The standard InChI is InChI=1S/C14H16N4.2ClH/c1-2-4-12(5-3-1)13-6-7-16-14(17-13)18-10-8-15-9-11-18;;/h1-7,15H,8-11H2;2*1H. The number of aromatic nitrogens is 2. The van der Waals surface area contributed by atoms with Crippen LogP contribution in [0.2, 0.25) is 0 Å². The highest BCUT2D eigenvalue weighted by Gasteiger charge is 2.13. The Labute approximate surface area is 131 Å². The van der Waals surface area contributed by atoms with E-state index in [0.717, 1.165) is 43.4 Å². The molecule has 0 atom stereocenters. The number of piperazine rings is 1. The predicted molar refractivity (Wildman–Crippen MR) is 87.0 cm³/mol. The topological polar surface area (TPSA) is 41.1 Å². The lowest BCUT2D eigenvalue weighted by molar-refractivity contribution is 0.580. The summed E-state index contributed by atoms with van der Waals surface area (Å²) in [5.41, 5.74) is 2.12. The molecule has 4 nitrogen and oxygen atoms in total. The highest BCUT2D eigenvalue weighted by molar-refractivity contribution is 5.85. The van der Waals surface area contributed by atoms with Gasteiger partial charge in [0.05, 0.1) is 5.69 Å². The number of nitrogens with zero attached hydrogens (tertiary/aromatic N) is 3. The molecule has 108 valence electrons. The average molecular weight is 313 g/mol. The number of hydrogen-bond acceptors (Lipinski definition) is 4. The molecule has 0 spiro atoms. The van der Waals surface area contributed by atoms with E-state index >= 15 is 0 Å². The Bertz CT molecular complexity index is 516. The van der Waals surface area contributed by atoms with Crippen molar-refractivity contribution in [1.82, 2.24) is 15.3 Å². The smallest absolute Gasteiger partial charge is 0.225 e. The van der Waals surface area contributed by atoms with Crippen LogP contribution in [0, 0.1) is 0 Å². The van der Waals surface area contributed by atoms with Gasteiger partial charge in [0.15, 0.2) is 0 Å². The third kappa shape index (κ3) is 3.82. The summed E-state index contributed by atoms with van der Waals surface area (Å²) < 4.78 is 0. The lowest BCUT2D eigenvalue weighted by atomic mass is 10.1. The SMILES string of the molecule is Cl.Cl.c1ccc(-c2ccnc(N3CCNCC3)n2)cc1. The second-order valence-corrected chi connectivity index (χ2v) is 4.34. The zero-order valence-corrected chi connectivity index (χ0v) is 12.7. The van der Waals surface area contributed by atoms with Crippen LogP contribution in [0.5, 0.6) is 0 Å². The van der Waals surface area contributed by atoms with Crippen molar-refractivity contribution in [3.8, 4) is 11.3 Å². The number of rotatable bonds is 2. The van der Waals surface area contributed by atoms with Gasteiger partial charge in [-0.3, -0.25) is 0 Å². The minimum atomic E-state index is 0. The lowest BCUT2D eigenvalue weighted by Gasteiger charge is -2.27. The van der Waals surface area contributed by atoms with E-state index in [9.17, 15) is 0 Å². The summed E-state index contributed by atoms with van der Waals surface area (Å²) in [4.78, 5) is 11.3. The van der Waals surface area contributed by atoms with E-state index in [1.54, 1.807) is 0 Å². The molecule has 0 saturated carbocycles.